The molecule has 0 spiro atoms. The lowest BCUT2D eigenvalue weighted by molar-refractivity contribution is -0.125. The van der Waals surface area contributed by atoms with Gasteiger partial charge in [0, 0.05) is 32.8 Å². The van der Waals surface area contributed by atoms with Crippen LogP contribution < -0.4 is 10.1 Å². The molecule has 2 heterocycles. The molecule has 0 bridgehead atoms. The second kappa shape index (κ2) is 9.70. The predicted octanol–water partition coefficient (Wildman–Crippen LogP) is 0.848. The highest BCUT2D eigenvalue weighted by atomic mass is 16.5. The molecule has 2 aliphatic rings. The highest BCUT2D eigenvalue weighted by Crippen LogP contribution is 2.18. The zero-order chi connectivity index (χ0) is 19.1. The summed E-state index contributed by atoms with van der Waals surface area (Å²) in [6.45, 7) is 8.63. The second-order valence-electron chi connectivity index (χ2n) is 7.04. The molecule has 1 aromatic carbocycles. The van der Waals surface area contributed by atoms with Crippen molar-refractivity contribution in [3.05, 3.63) is 29.8 Å². The first-order chi connectivity index (χ1) is 13.2. The number of carbonyl (C=O) groups excluding carboxylic acids is 1. The van der Waals surface area contributed by atoms with Gasteiger partial charge in [-0.15, -0.1) is 0 Å². The number of nitrogens with zero attached hydrogens (tertiary/aromatic N) is 3. The number of rotatable bonds is 6. The van der Waals surface area contributed by atoms with Gasteiger partial charge in [-0.2, -0.15) is 5.26 Å². The maximum atomic E-state index is 12.5. The standard InChI is InChI=1S/C20H28N4O3/c1-2-23-8-10-24(11-9-23)14-20(25)22-18-7-12-26-15-19(18)27-17-5-3-16(13-21)4-6-17/h3-6,18-19H,2,7-12,14-15H2,1H3,(H,22,25). The molecule has 0 radical (unpaired) electrons. The number of nitriles is 1. The number of amides is 1. The van der Waals surface area contributed by atoms with Crippen molar-refractivity contribution >= 4 is 5.91 Å². The third kappa shape index (κ3) is 5.67. The van der Waals surface area contributed by atoms with Gasteiger partial charge < -0.3 is 19.7 Å². The van der Waals surface area contributed by atoms with Crippen molar-refractivity contribution in [2.24, 2.45) is 0 Å². The molecule has 1 N–H and O–H groups in total. The maximum absolute atomic E-state index is 12.5. The van der Waals surface area contributed by atoms with Crippen molar-refractivity contribution in [1.29, 1.82) is 5.26 Å². The molecule has 2 fully saturated rings. The fourth-order valence-electron chi connectivity index (χ4n) is 3.50. The number of hydrogen-bond acceptors (Lipinski definition) is 6. The van der Waals surface area contributed by atoms with Crippen LogP contribution in [0.3, 0.4) is 0 Å². The van der Waals surface area contributed by atoms with E-state index >= 15 is 0 Å². The number of nitrogens with one attached hydrogen (secondary N) is 1. The molecule has 2 aliphatic heterocycles. The summed E-state index contributed by atoms with van der Waals surface area (Å²) in [5.41, 5.74) is 0.593. The molecule has 1 amide bonds. The van der Waals surface area contributed by atoms with Gasteiger partial charge >= 0.3 is 0 Å². The van der Waals surface area contributed by atoms with Crippen LogP contribution >= 0.6 is 0 Å². The van der Waals surface area contributed by atoms with E-state index in [-0.39, 0.29) is 18.1 Å². The quantitative estimate of drug-likeness (QED) is 0.798. The Bertz CT molecular complexity index is 650. The van der Waals surface area contributed by atoms with Crippen LogP contribution in [0.2, 0.25) is 0 Å². The smallest absolute Gasteiger partial charge is 0.234 e. The number of carbonyl (C=O) groups is 1. The Morgan fingerprint density at radius 1 is 1.26 bits per heavy atom. The SMILES string of the molecule is CCN1CCN(CC(=O)NC2CCOCC2Oc2ccc(C#N)cc2)CC1. The van der Waals surface area contributed by atoms with Crippen LogP contribution in [-0.2, 0) is 9.53 Å². The lowest BCUT2D eigenvalue weighted by Crippen LogP contribution is -2.55. The summed E-state index contributed by atoms with van der Waals surface area (Å²) in [7, 11) is 0. The Morgan fingerprint density at radius 3 is 2.63 bits per heavy atom. The highest BCUT2D eigenvalue weighted by molar-refractivity contribution is 5.78. The average molecular weight is 372 g/mol. The summed E-state index contributed by atoms with van der Waals surface area (Å²) in [4.78, 5) is 17.1. The minimum atomic E-state index is -0.229. The fourth-order valence-corrected chi connectivity index (χ4v) is 3.50. The van der Waals surface area contributed by atoms with Crippen molar-refractivity contribution in [3.63, 3.8) is 0 Å². The number of likely N-dealkylation sites (N-methyl/N-ethyl adjacent to an activating group) is 1. The van der Waals surface area contributed by atoms with Gasteiger partial charge in [-0.3, -0.25) is 9.69 Å². The minimum Gasteiger partial charge on any atom is -0.486 e. The van der Waals surface area contributed by atoms with E-state index in [2.05, 4.69) is 28.1 Å². The van der Waals surface area contributed by atoms with Crippen molar-refractivity contribution in [2.75, 3.05) is 52.5 Å². The zero-order valence-corrected chi connectivity index (χ0v) is 15.9. The van der Waals surface area contributed by atoms with Crippen LogP contribution in [0.1, 0.15) is 18.9 Å². The van der Waals surface area contributed by atoms with Crippen molar-refractivity contribution in [1.82, 2.24) is 15.1 Å². The molecule has 0 aliphatic carbocycles. The van der Waals surface area contributed by atoms with Gasteiger partial charge in [0.2, 0.25) is 5.91 Å². The van der Waals surface area contributed by atoms with Gasteiger partial charge in [0.15, 0.2) is 0 Å². The van der Waals surface area contributed by atoms with E-state index < -0.39 is 0 Å². The summed E-state index contributed by atoms with van der Waals surface area (Å²) in [5.74, 6) is 0.722. The molecular weight excluding hydrogens is 344 g/mol. The monoisotopic (exact) mass is 372 g/mol. The van der Waals surface area contributed by atoms with Crippen LogP contribution in [0.15, 0.2) is 24.3 Å². The first-order valence-corrected chi connectivity index (χ1v) is 9.66. The summed E-state index contributed by atoms with van der Waals surface area (Å²) >= 11 is 0. The van der Waals surface area contributed by atoms with E-state index in [1.54, 1.807) is 24.3 Å². The molecule has 27 heavy (non-hydrogen) atoms. The van der Waals surface area contributed by atoms with Crippen molar-refractivity contribution < 1.29 is 14.3 Å². The molecule has 146 valence electrons. The average Bonchev–Trinajstić information content (AvgIpc) is 2.70. The van der Waals surface area contributed by atoms with Gasteiger partial charge in [-0.1, -0.05) is 6.92 Å². The molecule has 2 saturated heterocycles. The lowest BCUT2D eigenvalue weighted by Gasteiger charge is -2.35. The molecular formula is C20H28N4O3. The molecule has 0 aromatic heterocycles. The Labute approximate surface area is 160 Å². The molecule has 7 heteroatoms. The molecule has 7 nitrogen and oxygen atoms in total. The highest BCUT2D eigenvalue weighted by Gasteiger charge is 2.29. The minimum absolute atomic E-state index is 0.0419. The van der Waals surface area contributed by atoms with Crippen LogP contribution in [0.4, 0.5) is 0 Å². The molecule has 0 saturated carbocycles. The third-order valence-corrected chi connectivity index (χ3v) is 5.20. The van der Waals surface area contributed by atoms with Gasteiger partial charge in [-0.25, -0.2) is 0 Å². The Morgan fingerprint density at radius 2 is 1.96 bits per heavy atom. The normalized spacial score (nSPS) is 24.1. The molecule has 1 aromatic rings. The van der Waals surface area contributed by atoms with Gasteiger partial charge in [0.1, 0.15) is 11.9 Å². The van der Waals surface area contributed by atoms with Crippen LogP contribution in [0, 0.1) is 11.3 Å². The lowest BCUT2D eigenvalue weighted by atomic mass is 10.1. The van der Waals surface area contributed by atoms with E-state index in [4.69, 9.17) is 14.7 Å². The predicted molar refractivity (Wildman–Crippen MR) is 101 cm³/mol. The Hall–Kier alpha value is -2.14. The third-order valence-electron chi connectivity index (χ3n) is 5.20. The number of benzene rings is 1. The van der Waals surface area contributed by atoms with E-state index in [1.165, 1.54) is 0 Å². The summed E-state index contributed by atoms with van der Waals surface area (Å²) in [5, 5.41) is 12.0. The van der Waals surface area contributed by atoms with E-state index in [0.29, 0.717) is 31.1 Å². The van der Waals surface area contributed by atoms with E-state index in [1.807, 2.05) is 0 Å². The zero-order valence-electron chi connectivity index (χ0n) is 15.9. The van der Waals surface area contributed by atoms with Crippen LogP contribution in [0.5, 0.6) is 5.75 Å². The summed E-state index contributed by atoms with van der Waals surface area (Å²) in [6, 6.07) is 9.03. The molecule has 3 rings (SSSR count). The maximum Gasteiger partial charge on any atom is 0.234 e. The summed E-state index contributed by atoms with van der Waals surface area (Å²) < 4.78 is 11.6. The van der Waals surface area contributed by atoms with E-state index in [0.717, 1.165) is 39.1 Å². The fraction of sp³-hybridized carbons (Fsp3) is 0.600. The Kier molecular flexibility index (Phi) is 7.04. The van der Waals surface area contributed by atoms with Gasteiger partial charge in [0.05, 0.1) is 30.8 Å². The number of piperazine rings is 1. The van der Waals surface area contributed by atoms with Crippen molar-refractivity contribution in [3.8, 4) is 11.8 Å². The molecule has 2 unspecified atom stereocenters. The van der Waals surface area contributed by atoms with Crippen molar-refractivity contribution in [2.45, 2.75) is 25.5 Å². The summed E-state index contributed by atoms with van der Waals surface area (Å²) in [6.07, 6.45) is 0.503. The largest absolute Gasteiger partial charge is 0.486 e. The van der Waals surface area contributed by atoms with Crippen LogP contribution in [0.25, 0.3) is 0 Å². The first-order valence-electron chi connectivity index (χ1n) is 9.66. The topological polar surface area (TPSA) is 77.8 Å². The Balaban J connectivity index is 1.50. The first kappa shape index (κ1) is 19.6. The van der Waals surface area contributed by atoms with Crippen LogP contribution in [-0.4, -0.2) is 80.3 Å². The molecule has 2 atom stereocenters. The number of ether oxygens (including phenoxy) is 2. The second-order valence-corrected chi connectivity index (χ2v) is 7.04. The van der Waals surface area contributed by atoms with E-state index in [9.17, 15) is 4.79 Å². The van der Waals surface area contributed by atoms with Gasteiger partial charge in [-0.05, 0) is 37.2 Å². The number of hydrogen-bond donors (Lipinski definition) is 1. The van der Waals surface area contributed by atoms with Gasteiger partial charge in [0.25, 0.3) is 0 Å².